The molecular weight excluding hydrogens is 250 g/mol. The number of ketones is 1. The van der Waals surface area contributed by atoms with E-state index in [1.807, 2.05) is 0 Å². The number of hydrogen-bond acceptors (Lipinski definition) is 4. The first kappa shape index (κ1) is 9.67. The van der Waals surface area contributed by atoms with Crippen LogP contribution in [0.4, 0.5) is 0 Å². The molecule has 1 aromatic heterocycles. The van der Waals surface area contributed by atoms with Crippen molar-refractivity contribution < 1.29 is 9.53 Å². The average Bonchev–Trinajstić information content (AvgIpc) is 2.53. The highest BCUT2D eigenvalue weighted by Gasteiger charge is 2.24. The molecule has 6 heteroatoms. The van der Waals surface area contributed by atoms with E-state index in [4.69, 9.17) is 10.5 Å². The highest BCUT2D eigenvalue weighted by molar-refractivity contribution is 9.10. The molecule has 2 rings (SSSR count). The van der Waals surface area contributed by atoms with E-state index in [1.165, 1.54) is 0 Å². The van der Waals surface area contributed by atoms with Gasteiger partial charge in [0.1, 0.15) is 10.2 Å². The minimum Gasteiger partial charge on any atom is -0.477 e. The first-order valence-corrected chi connectivity index (χ1v) is 5.15. The molecule has 0 spiro atoms. The molecule has 0 saturated carbocycles. The van der Waals surface area contributed by atoms with Crippen molar-refractivity contribution in [3.8, 4) is 5.88 Å². The summed E-state index contributed by atoms with van der Waals surface area (Å²) in [6, 6.07) is 0. The number of nitrogens with two attached hydrogens (primary N) is 1. The summed E-state index contributed by atoms with van der Waals surface area (Å²) in [6.07, 6.45) is 0.914. The van der Waals surface area contributed by atoms with Crippen LogP contribution in [0.3, 0.4) is 0 Å². The summed E-state index contributed by atoms with van der Waals surface area (Å²) >= 11 is 3.23. The van der Waals surface area contributed by atoms with Gasteiger partial charge in [-0.05, 0) is 15.9 Å². The van der Waals surface area contributed by atoms with Crippen molar-refractivity contribution in [2.24, 2.45) is 5.73 Å². The van der Waals surface area contributed by atoms with Gasteiger partial charge in [0.25, 0.3) is 0 Å². The van der Waals surface area contributed by atoms with Crippen molar-refractivity contribution in [1.82, 2.24) is 9.78 Å². The molecule has 0 fully saturated rings. The van der Waals surface area contributed by atoms with E-state index >= 15 is 0 Å². The topological polar surface area (TPSA) is 70.1 Å². The van der Waals surface area contributed by atoms with Crippen molar-refractivity contribution in [2.75, 3.05) is 13.2 Å². The lowest BCUT2D eigenvalue weighted by Gasteiger charge is -2.15. The number of hydrogen-bond donors (Lipinski definition) is 1. The van der Waals surface area contributed by atoms with Crippen LogP contribution in [0, 0.1) is 0 Å². The van der Waals surface area contributed by atoms with Crippen molar-refractivity contribution in [3.05, 3.63) is 10.2 Å². The monoisotopic (exact) mass is 259 g/mol. The average molecular weight is 260 g/mol. The van der Waals surface area contributed by atoms with Gasteiger partial charge in [0, 0.05) is 13.0 Å². The molecule has 5 nitrogen and oxygen atoms in total. The number of nitrogens with zero attached hydrogens (tertiary/aromatic N) is 2. The van der Waals surface area contributed by atoms with Crippen LogP contribution < -0.4 is 10.5 Å². The van der Waals surface area contributed by atoms with E-state index in [2.05, 4.69) is 21.0 Å². The highest BCUT2D eigenvalue weighted by Crippen LogP contribution is 2.29. The Morgan fingerprint density at radius 2 is 2.50 bits per heavy atom. The van der Waals surface area contributed by atoms with E-state index < -0.39 is 0 Å². The quantitative estimate of drug-likeness (QED) is 0.789. The van der Waals surface area contributed by atoms with Crippen LogP contribution >= 0.6 is 15.9 Å². The fourth-order valence-corrected chi connectivity index (χ4v) is 2.02. The Morgan fingerprint density at radius 3 is 3.21 bits per heavy atom. The Morgan fingerprint density at radius 1 is 1.71 bits per heavy atom. The van der Waals surface area contributed by atoms with Gasteiger partial charge < -0.3 is 10.5 Å². The molecule has 1 aromatic rings. The fraction of sp³-hybridized carbons (Fsp3) is 0.500. The van der Waals surface area contributed by atoms with Crippen LogP contribution in [-0.2, 0) is 6.54 Å². The summed E-state index contributed by atoms with van der Waals surface area (Å²) in [5.41, 5.74) is 5.77. The smallest absolute Gasteiger partial charge is 0.224 e. The van der Waals surface area contributed by atoms with E-state index in [0.29, 0.717) is 22.7 Å². The van der Waals surface area contributed by atoms with Crippen LogP contribution in [0.25, 0.3) is 0 Å². The maximum absolute atomic E-state index is 11.5. The van der Waals surface area contributed by atoms with Crippen molar-refractivity contribution in [1.29, 1.82) is 0 Å². The first-order chi connectivity index (χ1) is 6.74. The predicted molar refractivity (Wildman–Crippen MR) is 53.4 cm³/mol. The Kier molecular flexibility index (Phi) is 2.56. The lowest BCUT2D eigenvalue weighted by molar-refractivity contribution is 0.0994. The number of Topliss-reactive ketones (excluding diaryl/α,β-unsaturated/α-hetero) is 1. The van der Waals surface area contributed by atoms with Gasteiger partial charge in [0.05, 0.1) is 13.2 Å². The zero-order chi connectivity index (χ0) is 10.1. The van der Waals surface area contributed by atoms with Gasteiger partial charge in [-0.3, -0.25) is 4.79 Å². The summed E-state index contributed by atoms with van der Waals surface area (Å²) in [6.45, 7) is 1.38. The third kappa shape index (κ3) is 1.44. The second-order valence-electron chi connectivity index (χ2n) is 3.02. The molecule has 2 N–H and O–H groups in total. The summed E-state index contributed by atoms with van der Waals surface area (Å²) in [5, 5.41) is 4.15. The number of carbonyl (C=O) groups excluding carboxylic acids is 1. The number of aromatic nitrogens is 2. The van der Waals surface area contributed by atoms with Crippen molar-refractivity contribution >= 4 is 21.7 Å². The molecule has 2 heterocycles. The highest BCUT2D eigenvalue weighted by atomic mass is 79.9. The van der Waals surface area contributed by atoms with Crippen molar-refractivity contribution in [2.45, 2.75) is 13.0 Å². The second-order valence-corrected chi connectivity index (χ2v) is 3.77. The molecule has 0 saturated heterocycles. The maximum atomic E-state index is 11.5. The SMILES string of the molecule is NCC(=O)c1c(Br)nn2c1OCCC2. The van der Waals surface area contributed by atoms with E-state index in [9.17, 15) is 4.79 Å². The number of rotatable bonds is 2. The minimum absolute atomic E-state index is 0.0271. The Labute approximate surface area is 89.3 Å². The molecule has 0 radical (unpaired) electrons. The summed E-state index contributed by atoms with van der Waals surface area (Å²) in [7, 11) is 0. The third-order valence-corrected chi connectivity index (χ3v) is 2.64. The number of halogens is 1. The second kappa shape index (κ2) is 3.70. The third-order valence-electron chi connectivity index (χ3n) is 2.08. The molecular formula is C8H10BrN3O2. The molecule has 0 aliphatic carbocycles. The van der Waals surface area contributed by atoms with Crippen LogP contribution in [-0.4, -0.2) is 28.7 Å². The molecule has 76 valence electrons. The van der Waals surface area contributed by atoms with Gasteiger partial charge in [-0.25, -0.2) is 4.68 Å². The number of ether oxygens (including phenoxy) is 1. The van der Waals surface area contributed by atoms with Crippen LogP contribution in [0.5, 0.6) is 5.88 Å². The van der Waals surface area contributed by atoms with Crippen molar-refractivity contribution in [3.63, 3.8) is 0 Å². The standard InChI is InChI=1S/C8H10BrN3O2/c9-7-6(5(13)4-10)8-12(11-7)2-1-3-14-8/h1-4,10H2. The Bertz CT molecular complexity index is 375. The van der Waals surface area contributed by atoms with Crippen LogP contribution in [0.15, 0.2) is 4.60 Å². The molecule has 0 unspecified atom stereocenters. The molecule has 1 aliphatic heterocycles. The van der Waals surface area contributed by atoms with Gasteiger partial charge in [0.2, 0.25) is 5.88 Å². The molecule has 14 heavy (non-hydrogen) atoms. The molecule has 0 atom stereocenters. The lowest BCUT2D eigenvalue weighted by atomic mass is 10.2. The number of aryl methyl sites for hydroxylation is 1. The summed E-state index contributed by atoms with van der Waals surface area (Å²) in [5.74, 6) is 0.388. The minimum atomic E-state index is -0.153. The summed E-state index contributed by atoms with van der Waals surface area (Å²) in [4.78, 5) is 11.5. The van der Waals surface area contributed by atoms with Crippen LogP contribution in [0.2, 0.25) is 0 Å². The largest absolute Gasteiger partial charge is 0.477 e. The van der Waals surface area contributed by atoms with E-state index in [1.54, 1.807) is 4.68 Å². The molecule has 1 aliphatic rings. The summed E-state index contributed by atoms with van der Waals surface area (Å²) < 4.78 is 7.60. The molecule has 0 amide bonds. The Hall–Kier alpha value is -0.880. The maximum Gasteiger partial charge on any atom is 0.224 e. The van der Waals surface area contributed by atoms with Gasteiger partial charge in [-0.1, -0.05) is 0 Å². The fourth-order valence-electron chi connectivity index (χ4n) is 1.44. The van der Waals surface area contributed by atoms with Gasteiger partial charge in [0.15, 0.2) is 5.78 Å². The number of carbonyl (C=O) groups is 1. The zero-order valence-corrected chi connectivity index (χ0v) is 9.08. The molecule has 0 bridgehead atoms. The predicted octanol–water partition coefficient (Wildman–Crippen LogP) is 0.569. The van der Waals surface area contributed by atoms with Gasteiger partial charge >= 0.3 is 0 Å². The van der Waals surface area contributed by atoms with E-state index in [-0.39, 0.29) is 12.3 Å². The van der Waals surface area contributed by atoms with Gasteiger partial charge in [-0.15, -0.1) is 0 Å². The Balaban J connectivity index is 2.47. The van der Waals surface area contributed by atoms with E-state index in [0.717, 1.165) is 13.0 Å². The normalized spacial score (nSPS) is 14.7. The van der Waals surface area contributed by atoms with Gasteiger partial charge in [-0.2, -0.15) is 5.10 Å². The molecule has 0 aromatic carbocycles. The lowest BCUT2D eigenvalue weighted by Crippen LogP contribution is -2.18. The first-order valence-electron chi connectivity index (χ1n) is 4.36. The van der Waals surface area contributed by atoms with Crippen LogP contribution in [0.1, 0.15) is 16.8 Å². The number of fused-ring (bicyclic) bond motifs is 1. The zero-order valence-electron chi connectivity index (χ0n) is 7.49.